The highest BCUT2D eigenvalue weighted by atomic mass is 19.3. The molecule has 0 aliphatic rings. The molecule has 0 aliphatic carbocycles. The van der Waals surface area contributed by atoms with E-state index in [4.69, 9.17) is 4.74 Å². The van der Waals surface area contributed by atoms with Crippen molar-refractivity contribution in [3.8, 4) is 11.4 Å². The standard InChI is InChI=1S/C25H22F4N4O2/c1-14-11-32(13-30-14)22-5-4-20(10-23(22)35-3)31-21-8-17(24(28)29)12-33(25(21)34)15(2)16-6-18(26)9-19(27)7-16/h4-13,15,24,31H,1-3H3/t15-/m0/s1. The number of halogens is 4. The van der Waals surface area contributed by atoms with Crippen molar-refractivity contribution < 1.29 is 22.3 Å². The van der Waals surface area contributed by atoms with Gasteiger partial charge in [0.15, 0.2) is 0 Å². The maximum Gasteiger partial charge on any atom is 0.274 e. The van der Waals surface area contributed by atoms with Gasteiger partial charge in [-0.3, -0.25) is 4.79 Å². The Morgan fingerprint density at radius 1 is 1.00 bits per heavy atom. The number of aromatic nitrogens is 3. The summed E-state index contributed by atoms with van der Waals surface area (Å²) in [4.78, 5) is 17.4. The highest BCUT2D eigenvalue weighted by Gasteiger charge is 2.19. The molecule has 0 spiro atoms. The molecule has 0 saturated heterocycles. The van der Waals surface area contributed by atoms with E-state index in [9.17, 15) is 22.4 Å². The summed E-state index contributed by atoms with van der Waals surface area (Å²) in [6.45, 7) is 3.35. The van der Waals surface area contributed by atoms with Gasteiger partial charge in [-0.1, -0.05) is 0 Å². The first-order valence-electron chi connectivity index (χ1n) is 10.6. The molecule has 4 rings (SSSR count). The molecular weight excluding hydrogens is 464 g/mol. The number of hydrogen-bond acceptors (Lipinski definition) is 4. The normalized spacial score (nSPS) is 12.1. The predicted octanol–water partition coefficient (Wildman–Crippen LogP) is 5.92. The van der Waals surface area contributed by atoms with Gasteiger partial charge in [0.1, 0.15) is 23.1 Å². The molecule has 0 radical (unpaired) electrons. The summed E-state index contributed by atoms with van der Waals surface area (Å²) in [5, 5.41) is 2.88. The Kier molecular flexibility index (Phi) is 6.63. The number of aryl methyl sites for hydroxylation is 1. The van der Waals surface area contributed by atoms with Crippen LogP contribution in [0.25, 0.3) is 5.69 Å². The Balaban J connectivity index is 1.75. The van der Waals surface area contributed by atoms with E-state index < -0.39 is 35.2 Å². The maximum absolute atomic E-state index is 13.7. The van der Waals surface area contributed by atoms with Crippen molar-refractivity contribution in [1.82, 2.24) is 14.1 Å². The third-order valence-electron chi connectivity index (χ3n) is 5.55. The van der Waals surface area contributed by atoms with E-state index in [-0.39, 0.29) is 11.3 Å². The molecule has 0 amide bonds. The second-order valence-electron chi connectivity index (χ2n) is 8.01. The fourth-order valence-electron chi connectivity index (χ4n) is 3.77. The molecule has 0 bridgehead atoms. The van der Waals surface area contributed by atoms with Gasteiger partial charge in [0.2, 0.25) is 0 Å². The highest BCUT2D eigenvalue weighted by Crippen LogP contribution is 2.30. The van der Waals surface area contributed by atoms with E-state index in [1.165, 1.54) is 14.0 Å². The summed E-state index contributed by atoms with van der Waals surface area (Å²) in [5.41, 5.74) is 0.864. The fraction of sp³-hybridized carbons (Fsp3) is 0.200. The molecule has 182 valence electrons. The van der Waals surface area contributed by atoms with Crippen LogP contribution in [0.15, 0.2) is 66.0 Å². The molecule has 35 heavy (non-hydrogen) atoms. The monoisotopic (exact) mass is 486 g/mol. The molecule has 1 N–H and O–H groups in total. The van der Waals surface area contributed by atoms with Crippen molar-refractivity contribution in [3.05, 3.63) is 100.0 Å². The second kappa shape index (κ2) is 9.65. The van der Waals surface area contributed by atoms with Crippen molar-refractivity contribution in [2.24, 2.45) is 0 Å². The Hall–Kier alpha value is -4.08. The molecule has 0 aliphatic heterocycles. The third kappa shape index (κ3) is 5.06. The van der Waals surface area contributed by atoms with Crippen LogP contribution >= 0.6 is 0 Å². The van der Waals surface area contributed by atoms with Crippen molar-refractivity contribution in [2.45, 2.75) is 26.3 Å². The van der Waals surface area contributed by atoms with Gasteiger partial charge < -0.3 is 19.2 Å². The van der Waals surface area contributed by atoms with Crippen LogP contribution < -0.4 is 15.6 Å². The summed E-state index contributed by atoms with van der Waals surface area (Å²) in [6, 6.07) is 7.98. The molecule has 0 unspecified atom stereocenters. The molecule has 1 atom stereocenters. The summed E-state index contributed by atoms with van der Waals surface area (Å²) < 4.78 is 63.0. The molecule has 0 saturated carbocycles. The van der Waals surface area contributed by atoms with Crippen LogP contribution in [0.1, 0.15) is 36.2 Å². The molecule has 0 fully saturated rings. The van der Waals surface area contributed by atoms with Gasteiger partial charge in [-0.15, -0.1) is 0 Å². The number of pyridine rings is 1. The van der Waals surface area contributed by atoms with E-state index in [0.717, 1.165) is 34.7 Å². The topological polar surface area (TPSA) is 61.1 Å². The van der Waals surface area contributed by atoms with Gasteiger partial charge in [-0.2, -0.15) is 0 Å². The van der Waals surface area contributed by atoms with Crippen molar-refractivity contribution in [3.63, 3.8) is 0 Å². The van der Waals surface area contributed by atoms with Crippen LogP contribution in [0, 0.1) is 18.6 Å². The lowest BCUT2D eigenvalue weighted by Crippen LogP contribution is -2.26. The zero-order valence-electron chi connectivity index (χ0n) is 19.1. The molecule has 10 heteroatoms. The Morgan fingerprint density at radius 3 is 2.31 bits per heavy atom. The maximum atomic E-state index is 13.7. The van der Waals surface area contributed by atoms with Gasteiger partial charge in [0.25, 0.3) is 12.0 Å². The van der Waals surface area contributed by atoms with E-state index in [0.29, 0.717) is 23.2 Å². The molecular formula is C25H22F4N4O2. The molecule has 2 aromatic carbocycles. The first-order valence-corrected chi connectivity index (χ1v) is 10.6. The number of methoxy groups -OCH3 is 1. The third-order valence-corrected chi connectivity index (χ3v) is 5.55. The van der Waals surface area contributed by atoms with Crippen LogP contribution in [0.3, 0.4) is 0 Å². The largest absolute Gasteiger partial charge is 0.494 e. The van der Waals surface area contributed by atoms with Crippen molar-refractivity contribution in [1.29, 1.82) is 0 Å². The number of imidazole rings is 1. The van der Waals surface area contributed by atoms with Gasteiger partial charge in [0.05, 0.1) is 30.9 Å². The van der Waals surface area contributed by atoms with Crippen LogP contribution in [-0.2, 0) is 0 Å². The fourth-order valence-corrected chi connectivity index (χ4v) is 3.77. The Labute approximate surface area is 198 Å². The Bertz CT molecular complexity index is 1410. The van der Waals surface area contributed by atoms with E-state index in [2.05, 4.69) is 10.3 Å². The average Bonchev–Trinajstić information content (AvgIpc) is 3.25. The zero-order chi connectivity index (χ0) is 25.3. The van der Waals surface area contributed by atoms with Gasteiger partial charge in [-0.25, -0.2) is 22.5 Å². The summed E-state index contributed by atoms with van der Waals surface area (Å²) in [6.07, 6.45) is 1.56. The minimum Gasteiger partial charge on any atom is -0.494 e. The minimum absolute atomic E-state index is 0.125. The van der Waals surface area contributed by atoms with E-state index in [1.807, 2.05) is 13.1 Å². The average molecular weight is 486 g/mol. The lowest BCUT2D eigenvalue weighted by molar-refractivity contribution is 0.150. The number of ether oxygens (including phenoxy) is 1. The van der Waals surface area contributed by atoms with Crippen LogP contribution in [-0.4, -0.2) is 21.2 Å². The SMILES string of the molecule is COc1cc(Nc2cc(C(F)F)cn([C@@H](C)c3cc(F)cc(F)c3)c2=O)ccc1-n1cnc(C)c1. The predicted molar refractivity (Wildman–Crippen MR) is 124 cm³/mol. The van der Waals surface area contributed by atoms with Crippen molar-refractivity contribution in [2.75, 3.05) is 12.4 Å². The minimum atomic E-state index is -2.87. The Morgan fingerprint density at radius 2 is 1.71 bits per heavy atom. The number of rotatable bonds is 7. The van der Waals surface area contributed by atoms with Gasteiger partial charge in [0, 0.05) is 35.8 Å². The number of anilines is 2. The van der Waals surface area contributed by atoms with Crippen LogP contribution in [0.4, 0.5) is 28.9 Å². The van der Waals surface area contributed by atoms with Crippen LogP contribution in [0.2, 0.25) is 0 Å². The number of nitrogens with zero attached hydrogens (tertiary/aromatic N) is 3. The lowest BCUT2D eigenvalue weighted by atomic mass is 10.1. The van der Waals surface area contributed by atoms with Crippen LogP contribution in [0.5, 0.6) is 5.75 Å². The zero-order valence-corrected chi connectivity index (χ0v) is 19.1. The molecule has 6 nitrogen and oxygen atoms in total. The first kappa shape index (κ1) is 24.1. The smallest absolute Gasteiger partial charge is 0.274 e. The number of nitrogens with one attached hydrogen (secondary N) is 1. The van der Waals surface area contributed by atoms with Gasteiger partial charge in [-0.05, 0) is 49.7 Å². The highest BCUT2D eigenvalue weighted by molar-refractivity contribution is 5.65. The lowest BCUT2D eigenvalue weighted by Gasteiger charge is -2.19. The number of alkyl halides is 2. The molecule has 2 aromatic heterocycles. The number of benzene rings is 2. The second-order valence-corrected chi connectivity index (χ2v) is 8.01. The van der Waals surface area contributed by atoms with E-state index in [1.54, 1.807) is 29.1 Å². The molecule has 4 aromatic rings. The number of hydrogen-bond donors (Lipinski definition) is 1. The summed E-state index contributed by atoms with van der Waals surface area (Å²) >= 11 is 0. The summed E-state index contributed by atoms with van der Waals surface area (Å²) in [5.74, 6) is -1.20. The quantitative estimate of drug-likeness (QED) is 0.330. The molecule has 2 heterocycles. The van der Waals surface area contributed by atoms with E-state index >= 15 is 0 Å². The summed E-state index contributed by atoms with van der Waals surface area (Å²) in [7, 11) is 1.48. The first-order chi connectivity index (χ1) is 16.7. The van der Waals surface area contributed by atoms with Gasteiger partial charge >= 0.3 is 0 Å². The van der Waals surface area contributed by atoms with Crippen molar-refractivity contribution >= 4 is 11.4 Å².